The monoisotopic (exact) mass is 446 g/mol. The molecule has 0 saturated heterocycles. The standard InChI is InChI=1S/C22H38O9/c1-2-3-4-5-6-7-8-9-10-11-12-13-29-20-19(31-21(27)17(26)15-24)18(16(25)14-23)30-22(20)28/h16-18,23-26H,2-15H2,1H3/t16-,17?,18+/m0/s1. The molecular formula is C22H38O9. The van der Waals surface area contributed by atoms with Gasteiger partial charge in [-0.2, -0.15) is 0 Å². The summed E-state index contributed by atoms with van der Waals surface area (Å²) in [5.41, 5.74) is 0. The number of carbonyl (C=O) groups is 2. The molecule has 0 aromatic heterocycles. The smallest absolute Gasteiger partial charge is 0.378 e. The molecule has 1 heterocycles. The van der Waals surface area contributed by atoms with Crippen LogP contribution in [0.1, 0.15) is 77.6 Å². The fourth-order valence-corrected chi connectivity index (χ4v) is 3.23. The summed E-state index contributed by atoms with van der Waals surface area (Å²) in [7, 11) is 0. The quantitative estimate of drug-likeness (QED) is 0.183. The van der Waals surface area contributed by atoms with Crippen LogP contribution < -0.4 is 0 Å². The minimum absolute atomic E-state index is 0.187. The van der Waals surface area contributed by atoms with Crippen LogP contribution in [0.5, 0.6) is 0 Å². The maximum absolute atomic E-state index is 12.1. The van der Waals surface area contributed by atoms with E-state index in [0.717, 1.165) is 19.3 Å². The highest BCUT2D eigenvalue weighted by Crippen LogP contribution is 2.28. The van der Waals surface area contributed by atoms with Gasteiger partial charge in [0.05, 0.1) is 19.8 Å². The number of ether oxygens (including phenoxy) is 3. The van der Waals surface area contributed by atoms with Crippen molar-refractivity contribution >= 4 is 11.9 Å². The Kier molecular flexibility index (Phi) is 14.1. The van der Waals surface area contributed by atoms with Crippen molar-refractivity contribution in [3.8, 4) is 0 Å². The predicted molar refractivity (Wildman–Crippen MR) is 112 cm³/mol. The molecule has 0 aliphatic carbocycles. The molecular weight excluding hydrogens is 408 g/mol. The fraction of sp³-hybridized carbons (Fsp3) is 0.818. The Bertz CT molecular complexity index is 561. The lowest BCUT2D eigenvalue weighted by Gasteiger charge is -2.18. The average Bonchev–Trinajstić information content (AvgIpc) is 3.08. The third-order valence-corrected chi connectivity index (χ3v) is 5.09. The Hall–Kier alpha value is -1.68. The van der Waals surface area contributed by atoms with Gasteiger partial charge in [-0.05, 0) is 6.42 Å². The summed E-state index contributed by atoms with van der Waals surface area (Å²) in [6, 6.07) is 0. The number of hydrogen-bond donors (Lipinski definition) is 4. The van der Waals surface area contributed by atoms with E-state index >= 15 is 0 Å². The van der Waals surface area contributed by atoms with Crippen LogP contribution in [0.2, 0.25) is 0 Å². The lowest BCUT2D eigenvalue weighted by atomic mass is 10.1. The summed E-state index contributed by atoms with van der Waals surface area (Å²) in [4.78, 5) is 23.8. The molecule has 0 saturated carbocycles. The van der Waals surface area contributed by atoms with E-state index in [9.17, 15) is 19.8 Å². The van der Waals surface area contributed by atoms with Crippen LogP contribution in [-0.2, 0) is 23.8 Å². The minimum Gasteiger partial charge on any atom is -0.484 e. The van der Waals surface area contributed by atoms with Crippen molar-refractivity contribution < 1.29 is 44.2 Å². The normalized spacial score (nSPS) is 18.1. The summed E-state index contributed by atoms with van der Waals surface area (Å²) in [5, 5.41) is 37.2. The summed E-state index contributed by atoms with van der Waals surface area (Å²) in [5.74, 6) is -2.93. The van der Waals surface area contributed by atoms with Gasteiger partial charge in [-0.15, -0.1) is 0 Å². The molecule has 4 N–H and O–H groups in total. The van der Waals surface area contributed by atoms with Crippen molar-refractivity contribution in [1.82, 2.24) is 0 Å². The lowest BCUT2D eigenvalue weighted by Crippen LogP contribution is -2.35. The van der Waals surface area contributed by atoms with Gasteiger partial charge in [0.2, 0.25) is 11.5 Å². The van der Waals surface area contributed by atoms with Gasteiger partial charge in [0.1, 0.15) is 6.10 Å². The fourth-order valence-electron chi connectivity index (χ4n) is 3.23. The van der Waals surface area contributed by atoms with Crippen molar-refractivity contribution in [2.45, 2.75) is 95.9 Å². The predicted octanol–water partition coefficient (Wildman–Crippen LogP) is 1.70. The molecule has 0 amide bonds. The van der Waals surface area contributed by atoms with Crippen molar-refractivity contribution in [2.24, 2.45) is 0 Å². The van der Waals surface area contributed by atoms with Crippen LogP contribution in [0.4, 0.5) is 0 Å². The second-order valence-electron chi connectivity index (χ2n) is 7.77. The van der Waals surface area contributed by atoms with Crippen molar-refractivity contribution in [3.63, 3.8) is 0 Å². The van der Waals surface area contributed by atoms with Crippen molar-refractivity contribution in [2.75, 3.05) is 19.8 Å². The number of rotatable bonds is 18. The van der Waals surface area contributed by atoms with E-state index in [1.54, 1.807) is 0 Å². The van der Waals surface area contributed by atoms with E-state index in [-0.39, 0.29) is 12.4 Å². The number of aliphatic hydroxyl groups is 4. The number of unbranched alkanes of at least 4 members (excludes halogenated alkanes) is 10. The van der Waals surface area contributed by atoms with Gasteiger partial charge in [0.15, 0.2) is 12.2 Å². The highest BCUT2D eigenvalue weighted by molar-refractivity contribution is 5.90. The maximum atomic E-state index is 12.1. The number of cyclic esters (lactones) is 1. The van der Waals surface area contributed by atoms with Gasteiger partial charge in [-0.3, -0.25) is 0 Å². The maximum Gasteiger partial charge on any atom is 0.378 e. The van der Waals surface area contributed by atoms with Gasteiger partial charge >= 0.3 is 11.9 Å². The molecule has 1 unspecified atom stereocenters. The number of carbonyl (C=O) groups excluding carboxylic acids is 2. The topological polar surface area (TPSA) is 143 Å². The number of aliphatic hydroxyl groups excluding tert-OH is 4. The molecule has 0 bridgehead atoms. The van der Waals surface area contributed by atoms with E-state index in [1.165, 1.54) is 44.9 Å². The molecule has 0 spiro atoms. The van der Waals surface area contributed by atoms with Crippen LogP contribution in [0, 0.1) is 0 Å². The molecule has 1 rings (SSSR count). The Morgan fingerprint density at radius 1 is 0.935 bits per heavy atom. The van der Waals surface area contributed by atoms with E-state index < -0.39 is 49.2 Å². The molecule has 0 radical (unpaired) electrons. The molecule has 180 valence electrons. The summed E-state index contributed by atoms with van der Waals surface area (Å²) >= 11 is 0. The van der Waals surface area contributed by atoms with E-state index in [4.69, 9.17) is 24.4 Å². The summed E-state index contributed by atoms with van der Waals surface area (Å²) in [6.45, 7) is 0.783. The van der Waals surface area contributed by atoms with Gasteiger partial charge in [0.25, 0.3) is 0 Å². The van der Waals surface area contributed by atoms with Crippen LogP contribution in [-0.4, -0.2) is 70.5 Å². The van der Waals surface area contributed by atoms with Gasteiger partial charge < -0.3 is 34.6 Å². The largest absolute Gasteiger partial charge is 0.484 e. The van der Waals surface area contributed by atoms with Crippen LogP contribution in [0.15, 0.2) is 11.5 Å². The number of hydrogen-bond acceptors (Lipinski definition) is 9. The molecule has 1 aliphatic rings. The lowest BCUT2D eigenvalue weighted by molar-refractivity contribution is -0.157. The summed E-state index contributed by atoms with van der Waals surface area (Å²) < 4.78 is 15.3. The molecule has 0 aromatic carbocycles. The first-order valence-electron chi connectivity index (χ1n) is 11.3. The molecule has 0 aromatic rings. The Morgan fingerprint density at radius 2 is 1.48 bits per heavy atom. The first kappa shape index (κ1) is 27.4. The highest BCUT2D eigenvalue weighted by Gasteiger charge is 2.43. The number of esters is 2. The average molecular weight is 447 g/mol. The third kappa shape index (κ3) is 9.99. The van der Waals surface area contributed by atoms with E-state index in [2.05, 4.69) is 6.92 Å². The van der Waals surface area contributed by atoms with Crippen LogP contribution in [0.25, 0.3) is 0 Å². The third-order valence-electron chi connectivity index (χ3n) is 5.09. The second kappa shape index (κ2) is 16.0. The SMILES string of the molecule is CCCCCCCCCCCCCOC1=C(OC(=O)C(O)CO)[C@@H]([C@@H](O)CO)OC1=O. The first-order valence-corrected chi connectivity index (χ1v) is 11.3. The van der Waals surface area contributed by atoms with Crippen molar-refractivity contribution in [1.29, 1.82) is 0 Å². The Morgan fingerprint density at radius 3 is 2.00 bits per heavy atom. The first-order chi connectivity index (χ1) is 15.0. The Labute approximate surface area is 184 Å². The van der Waals surface area contributed by atoms with Crippen LogP contribution in [0.3, 0.4) is 0 Å². The zero-order chi connectivity index (χ0) is 23.1. The van der Waals surface area contributed by atoms with Crippen molar-refractivity contribution in [3.05, 3.63) is 11.5 Å². The molecule has 1 aliphatic heterocycles. The second-order valence-corrected chi connectivity index (χ2v) is 7.77. The summed E-state index contributed by atoms with van der Waals surface area (Å²) in [6.07, 6.45) is 7.96. The van der Waals surface area contributed by atoms with Gasteiger partial charge in [-0.25, -0.2) is 9.59 Å². The van der Waals surface area contributed by atoms with Crippen LogP contribution >= 0.6 is 0 Å². The minimum atomic E-state index is -1.82. The zero-order valence-corrected chi connectivity index (χ0v) is 18.5. The molecule has 0 fully saturated rings. The molecule has 31 heavy (non-hydrogen) atoms. The molecule has 3 atom stereocenters. The molecule has 9 nitrogen and oxygen atoms in total. The highest BCUT2D eigenvalue weighted by atomic mass is 16.6. The molecule has 9 heteroatoms. The van der Waals surface area contributed by atoms with Gasteiger partial charge in [0, 0.05) is 0 Å². The Balaban J connectivity index is 2.41. The van der Waals surface area contributed by atoms with E-state index in [1.807, 2.05) is 0 Å². The van der Waals surface area contributed by atoms with Gasteiger partial charge in [-0.1, -0.05) is 71.1 Å². The van der Waals surface area contributed by atoms with E-state index in [0.29, 0.717) is 6.42 Å². The zero-order valence-electron chi connectivity index (χ0n) is 18.5.